The first kappa shape index (κ1) is 20.3. The fourth-order valence-electron chi connectivity index (χ4n) is 3.83. The maximum absolute atomic E-state index is 5.69. The van der Waals surface area contributed by atoms with E-state index in [1.807, 2.05) is 0 Å². The van der Waals surface area contributed by atoms with Crippen LogP contribution in [-0.2, 0) is 6.42 Å². The molecule has 1 fully saturated rings. The summed E-state index contributed by atoms with van der Waals surface area (Å²) in [5.74, 6) is 8.79. The van der Waals surface area contributed by atoms with Gasteiger partial charge in [-0.05, 0) is 91.8 Å². The van der Waals surface area contributed by atoms with Gasteiger partial charge in [0.1, 0.15) is 5.75 Å². The Morgan fingerprint density at radius 3 is 2.29 bits per heavy atom. The van der Waals surface area contributed by atoms with Gasteiger partial charge < -0.3 is 4.74 Å². The third kappa shape index (κ3) is 6.03. The van der Waals surface area contributed by atoms with Gasteiger partial charge in [-0.3, -0.25) is 0 Å². The van der Waals surface area contributed by atoms with Crippen molar-refractivity contribution in [1.29, 1.82) is 0 Å². The van der Waals surface area contributed by atoms with Gasteiger partial charge in [-0.15, -0.1) is 0 Å². The number of rotatable bonds is 6. The second-order valence-electron chi connectivity index (χ2n) is 7.71. The Morgan fingerprint density at radius 1 is 0.929 bits per heavy atom. The van der Waals surface area contributed by atoms with Crippen molar-refractivity contribution in [3.05, 3.63) is 77.4 Å². The van der Waals surface area contributed by atoms with Crippen molar-refractivity contribution in [3.63, 3.8) is 0 Å². The molecule has 0 spiro atoms. The van der Waals surface area contributed by atoms with Crippen LogP contribution in [0.5, 0.6) is 5.75 Å². The fraction of sp³-hybridized carbons (Fsp3) is 0.407. The first-order chi connectivity index (χ1) is 13.8. The SMILES string of the molecule is CCCOc1ccc([C@H]2CC[C@H](/C=C/C#Cc3ccc(CC)cc3)CC2)cc1. The Balaban J connectivity index is 1.46. The van der Waals surface area contributed by atoms with Crippen molar-refractivity contribution in [1.82, 2.24) is 0 Å². The minimum absolute atomic E-state index is 0.667. The van der Waals surface area contributed by atoms with E-state index in [1.54, 1.807) is 0 Å². The topological polar surface area (TPSA) is 9.23 Å². The van der Waals surface area contributed by atoms with Crippen LogP contribution >= 0.6 is 0 Å². The lowest BCUT2D eigenvalue weighted by atomic mass is 9.78. The van der Waals surface area contributed by atoms with Crippen molar-refractivity contribution < 1.29 is 4.74 Å². The molecule has 3 rings (SSSR count). The van der Waals surface area contributed by atoms with E-state index >= 15 is 0 Å². The molecule has 1 heteroatoms. The zero-order valence-corrected chi connectivity index (χ0v) is 17.3. The van der Waals surface area contributed by atoms with Crippen molar-refractivity contribution in [2.75, 3.05) is 6.61 Å². The zero-order chi connectivity index (χ0) is 19.6. The molecule has 1 saturated carbocycles. The molecule has 0 saturated heterocycles. The lowest BCUT2D eigenvalue weighted by molar-refractivity contribution is 0.317. The Bertz CT molecular complexity index is 794. The summed E-state index contributed by atoms with van der Waals surface area (Å²) in [6, 6.07) is 17.3. The Kier molecular flexibility index (Phi) is 7.80. The summed E-state index contributed by atoms with van der Waals surface area (Å²) >= 11 is 0. The predicted octanol–water partition coefficient (Wildman–Crippen LogP) is 6.92. The molecule has 1 aliphatic rings. The first-order valence-electron chi connectivity index (χ1n) is 10.8. The molecule has 1 aliphatic carbocycles. The van der Waals surface area contributed by atoms with Crippen molar-refractivity contribution in [2.45, 2.75) is 58.3 Å². The molecule has 0 N–H and O–H groups in total. The van der Waals surface area contributed by atoms with Crippen LogP contribution in [0.4, 0.5) is 0 Å². The molecule has 0 heterocycles. The molecule has 0 radical (unpaired) electrons. The van der Waals surface area contributed by atoms with Crippen molar-refractivity contribution in [2.24, 2.45) is 5.92 Å². The number of ether oxygens (including phenoxy) is 1. The Labute approximate surface area is 170 Å². The maximum atomic E-state index is 5.69. The standard InChI is InChI=1S/C27H32O/c1-3-21-28-27-19-17-26(18-20-27)25-15-13-24(14-16-25)8-6-5-7-23-11-9-22(4-2)10-12-23/h6,8-12,17-20,24-25H,3-4,13-16,21H2,1-2H3/b8-6+/t24-,25-. The highest BCUT2D eigenvalue weighted by Gasteiger charge is 2.20. The van der Waals surface area contributed by atoms with Crippen LogP contribution in [0.15, 0.2) is 60.7 Å². The predicted molar refractivity (Wildman–Crippen MR) is 119 cm³/mol. The quantitative estimate of drug-likeness (QED) is 0.500. The molecule has 0 bridgehead atoms. The molecular formula is C27H32O. The van der Waals surface area contributed by atoms with Crippen molar-refractivity contribution >= 4 is 0 Å². The summed E-state index contributed by atoms with van der Waals surface area (Å²) in [6.07, 6.45) is 11.5. The highest BCUT2D eigenvalue weighted by molar-refractivity contribution is 5.38. The van der Waals surface area contributed by atoms with E-state index in [1.165, 1.54) is 36.8 Å². The summed E-state index contributed by atoms with van der Waals surface area (Å²) in [5, 5.41) is 0. The van der Waals surface area contributed by atoms with Gasteiger partial charge in [0.15, 0.2) is 0 Å². The Morgan fingerprint density at radius 2 is 1.64 bits per heavy atom. The van der Waals surface area contributed by atoms with E-state index in [0.717, 1.165) is 30.8 Å². The summed E-state index contributed by atoms with van der Waals surface area (Å²) in [4.78, 5) is 0. The lowest BCUT2D eigenvalue weighted by Crippen LogP contribution is -2.11. The van der Waals surface area contributed by atoms with Crippen molar-refractivity contribution in [3.8, 4) is 17.6 Å². The van der Waals surface area contributed by atoms with Gasteiger partial charge in [-0.1, -0.05) is 56.0 Å². The van der Waals surface area contributed by atoms with Gasteiger partial charge in [-0.2, -0.15) is 0 Å². The van der Waals surface area contributed by atoms with E-state index in [0.29, 0.717) is 11.8 Å². The van der Waals surface area contributed by atoms with E-state index in [-0.39, 0.29) is 0 Å². The van der Waals surface area contributed by atoms with Crippen LogP contribution in [-0.4, -0.2) is 6.61 Å². The van der Waals surface area contributed by atoms with Gasteiger partial charge in [0.25, 0.3) is 0 Å². The molecule has 0 aliphatic heterocycles. The lowest BCUT2D eigenvalue weighted by Gasteiger charge is -2.27. The number of benzene rings is 2. The molecule has 0 unspecified atom stereocenters. The molecular weight excluding hydrogens is 340 g/mol. The minimum atomic E-state index is 0.667. The van der Waals surface area contributed by atoms with Gasteiger partial charge in [0.2, 0.25) is 0 Å². The van der Waals surface area contributed by atoms with E-state index < -0.39 is 0 Å². The van der Waals surface area contributed by atoms with Crippen LogP contribution in [0.25, 0.3) is 0 Å². The molecule has 28 heavy (non-hydrogen) atoms. The van der Waals surface area contributed by atoms with Crippen LogP contribution in [0.1, 0.15) is 68.6 Å². The number of hydrogen-bond acceptors (Lipinski definition) is 1. The number of allylic oxidation sites excluding steroid dienone is 2. The van der Waals surface area contributed by atoms with Crippen LogP contribution in [0.3, 0.4) is 0 Å². The Hall–Kier alpha value is -2.46. The second-order valence-corrected chi connectivity index (χ2v) is 7.71. The average molecular weight is 373 g/mol. The summed E-state index contributed by atoms with van der Waals surface area (Å²) in [7, 11) is 0. The van der Waals surface area contributed by atoms with Gasteiger partial charge in [0.05, 0.1) is 6.61 Å². The van der Waals surface area contributed by atoms with Gasteiger partial charge >= 0.3 is 0 Å². The highest BCUT2D eigenvalue weighted by atomic mass is 16.5. The molecule has 146 valence electrons. The first-order valence-corrected chi connectivity index (χ1v) is 10.8. The summed E-state index contributed by atoms with van der Waals surface area (Å²) < 4.78 is 5.69. The zero-order valence-electron chi connectivity index (χ0n) is 17.3. The molecule has 0 aromatic heterocycles. The van der Waals surface area contributed by atoms with Crippen LogP contribution < -0.4 is 4.74 Å². The third-order valence-electron chi connectivity index (χ3n) is 5.63. The average Bonchev–Trinajstić information content (AvgIpc) is 2.76. The molecule has 2 aromatic carbocycles. The second kappa shape index (κ2) is 10.8. The van der Waals surface area contributed by atoms with Crippen LogP contribution in [0.2, 0.25) is 0 Å². The monoisotopic (exact) mass is 372 g/mol. The molecule has 1 nitrogen and oxygen atoms in total. The maximum Gasteiger partial charge on any atom is 0.119 e. The smallest absolute Gasteiger partial charge is 0.119 e. The number of hydrogen-bond donors (Lipinski definition) is 0. The summed E-state index contributed by atoms with van der Waals surface area (Å²) in [6.45, 7) is 5.11. The molecule has 2 aromatic rings. The third-order valence-corrected chi connectivity index (χ3v) is 5.63. The number of aryl methyl sites for hydroxylation is 1. The molecule has 0 atom stereocenters. The van der Waals surface area contributed by atoms with Gasteiger partial charge in [-0.25, -0.2) is 0 Å². The molecule has 0 amide bonds. The minimum Gasteiger partial charge on any atom is -0.494 e. The highest BCUT2D eigenvalue weighted by Crippen LogP contribution is 2.36. The van der Waals surface area contributed by atoms with E-state index in [4.69, 9.17) is 4.74 Å². The van der Waals surface area contributed by atoms with E-state index in [2.05, 4.69) is 86.4 Å². The fourth-order valence-corrected chi connectivity index (χ4v) is 3.83. The largest absolute Gasteiger partial charge is 0.494 e. The van der Waals surface area contributed by atoms with E-state index in [9.17, 15) is 0 Å². The normalized spacial score (nSPS) is 19.2. The van der Waals surface area contributed by atoms with Gasteiger partial charge in [0, 0.05) is 5.56 Å². The summed E-state index contributed by atoms with van der Waals surface area (Å²) in [5.41, 5.74) is 3.92. The van der Waals surface area contributed by atoms with Crippen LogP contribution in [0, 0.1) is 17.8 Å².